The van der Waals surface area contributed by atoms with Gasteiger partial charge in [0.2, 0.25) is 0 Å². The highest BCUT2D eigenvalue weighted by atomic mass is 35.5. The molecule has 66 valence electrons. The Morgan fingerprint density at radius 1 is 1.83 bits per heavy atom. The Morgan fingerprint density at radius 2 is 2.50 bits per heavy atom. The molecular weight excluding hydrogens is 178 g/mol. The number of rotatable bonds is 2. The van der Waals surface area contributed by atoms with E-state index in [1.807, 2.05) is 6.92 Å². The smallest absolute Gasteiger partial charge is 0.271 e. The van der Waals surface area contributed by atoms with Gasteiger partial charge in [-0.3, -0.25) is 9.48 Å². The monoisotopic (exact) mass is 187 g/mol. The van der Waals surface area contributed by atoms with E-state index in [9.17, 15) is 4.79 Å². The normalized spacial score (nSPS) is 9.92. The lowest BCUT2D eigenvalue weighted by atomic mass is 10.4. The van der Waals surface area contributed by atoms with Crippen LogP contribution in [0.4, 0.5) is 0 Å². The molecule has 4 nitrogen and oxygen atoms in total. The lowest BCUT2D eigenvalue weighted by Crippen LogP contribution is -2.25. The summed E-state index contributed by atoms with van der Waals surface area (Å²) < 4.78 is 1.45. The molecule has 0 spiro atoms. The molecule has 1 amide bonds. The minimum Gasteiger partial charge on any atom is -0.351 e. The summed E-state index contributed by atoms with van der Waals surface area (Å²) in [5.41, 5.74) is 0.401. The first kappa shape index (κ1) is 9.06. The van der Waals surface area contributed by atoms with Gasteiger partial charge in [-0.05, 0) is 6.92 Å². The maximum Gasteiger partial charge on any atom is 0.271 e. The van der Waals surface area contributed by atoms with Crippen molar-refractivity contribution < 1.29 is 4.79 Å². The number of nitrogens with one attached hydrogen (secondary N) is 1. The number of carbonyl (C=O) groups excluding carboxylic acids is 1. The van der Waals surface area contributed by atoms with Crippen LogP contribution in [-0.2, 0) is 7.05 Å². The van der Waals surface area contributed by atoms with Gasteiger partial charge in [-0.1, -0.05) is 11.6 Å². The van der Waals surface area contributed by atoms with Crippen LogP contribution < -0.4 is 5.32 Å². The van der Waals surface area contributed by atoms with Crippen molar-refractivity contribution in [3.63, 3.8) is 0 Å². The zero-order chi connectivity index (χ0) is 9.14. The highest BCUT2D eigenvalue weighted by Crippen LogP contribution is 2.13. The second-order valence-corrected chi connectivity index (χ2v) is 2.73. The molecule has 0 atom stereocenters. The fourth-order valence-electron chi connectivity index (χ4n) is 0.910. The zero-order valence-corrected chi connectivity index (χ0v) is 7.72. The molecule has 0 saturated carbocycles. The third kappa shape index (κ3) is 1.58. The Labute approximate surface area is 75.5 Å². The fraction of sp³-hybridized carbons (Fsp3) is 0.429. The predicted octanol–water partition coefficient (Wildman–Crippen LogP) is 0.823. The van der Waals surface area contributed by atoms with Gasteiger partial charge in [0, 0.05) is 13.6 Å². The fourth-order valence-corrected chi connectivity index (χ4v) is 1.16. The van der Waals surface area contributed by atoms with Crippen LogP contribution in [0.2, 0.25) is 5.02 Å². The lowest BCUT2D eigenvalue weighted by Gasteiger charge is -2.01. The number of amides is 1. The molecule has 1 N–H and O–H groups in total. The third-order valence-corrected chi connectivity index (χ3v) is 1.72. The molecule has 0 bridgehead atoms. The minimum absolute atomic E-state index is 0.192. The van der Waals surface area contributed by atoms with Crippen molar-refractivity contribution in [1.82, 2.24) is 15.1 Å². The number of halogens is 1. The summed E-state index contributed by atoms with van der Waals surface area (Å²) in [6.07, 6.45) is 1.45. The summed E-state index contributed by atoms with van der Waals surface area (Å²) in [5, 5.41) is 6.87. The van der Waals surface area contributed by atoms with Crippen molar-refractivity contribution in [2.45, 2.75) is 6.92 Å². The molecule has 0 radical (unpaired) electrons. The van der Waals surface area contributed by atoms with Crippen LogP contribution in [0.15, 0.2) is 6.20 Å². The van der Waals surface area contributed by atoms with E-state index in [0.717, 1.165) is 0 Å². The van der Waals surface area contributed by atoms with E-state index in [0.29, 0.717) is 17.3 Å². The number of aromatic nitrogens is 2. The van der Waals surface area contributed by atoms with E-state index in [-0.39, 0.29) is 5.91 Å². The van der Waals surface area contributed by atoms with Crippen molar-refractivity contribution >= 4 is 17.5 Å². The average molecular weight is 188 g/mol. The second-order valence-electron chi connectivity index (χ2n) is 2.32. The second kappa shape index (κ2) is 3.58. The Balaban J connectivity index is 2.93. The number of hydrogen-bond acceptors (Lipinski definition) is 2. The van der Waals surface area contributed by atoms with E-state index in [1.54, 1.807) is 7.05 Å². The standard InChI is InChI=1S/C7H10ClN3O/c1-3-9-7(12)6-5(8)4-10-11(6)2/h4H,3H2,1-2H3,(H,9,12). The number of carbonyl (C=O) groups is 1. The van der Waals surface area contributed by atoms with Crippen LogP contribution >= 0.6 is 11.6 Å². The van der Waals surface area contributed by atoms with Crippen molar-refractivity contribution in [2.24, 2.45) is 7.05 Å². The summed E-state index contributed by atoms with van der Waals surface area (Å²) in [6, 6.07) is 0. The molecule has 0 aliphatic heterocycles. The van der Waals surface area contributed by atoms with Gasteiger partial charge in [-0.25, -0.2) is 0 Å². The molecule has 0 fully saturated rings. The highest BCUT2D eigenvalue weighted by Gasteiger charge is 2.13. The molecule has 0 aromatic carbocycles. The van der Waals surface area contributed by atoms with Gasteiger partial charge >= 0.3 is 0 Å². The first-order valence-corrected chi connectivity index (χ1v) is 4.00. The highest BCUT2D eigenvalue weighted by molar-refractivity contribution is 6.33. The van der Waals surface area contributed by atoms with Gasteiger partial charge in [0.15, 0.2) is 0 Å². The molecule has 1 heterocycles. The zero-order valence-electron chi connectivity index (χ0n) is 6.97. The first-order chi connectivity index (χ1) is 5.66. The first-order valence-electron chi connectivity index (χ1n) is 3.62. The number of aryl methyl sites for hydroxylation is 1. The van der Waals surface area contributed by atoms with Crippen molar-refractivity contribution in [3.05, 3.63) is 16.9 Å². The van der Waals surface area contributed by atoms with Gasteiger partial charge < -0.3 is 5.32 Å². The van der Waals surface area contributed by atoms with E-state index in [4.69, 9.17) is 11.6 Å². The lowest BCUT2D eigenvalue weighted by molar-refractivity contribution is 0.0946. The number of nitrogens with zero attached hydrogens (tertiary/aromatic N) is 2. The van der Waals surface area contributed by atoms with Crippen LogP contribution in [0.1, 0.15) is 17.4 Å². The van der Waals surface area contributed by atoms with Gasteiger partial charge in [-0.15, -0.1) is 0 Å². The molecule has 0 unspecified atom stereocenters. The predicted molar refractivity (Wildman–Crippen MR) is 46.2 cm³/mol. The molecule has 5 heteroatoms. The van der Waals surface area contributed by atoms with Gasteiger partial charge in [0.05, 0.1) is 11.2 Å². The molecule has 0 aliphatic rings. The van der Waals surface area contributed by atoms with Gasteiger partial charge in [0.1, 0.15) is 5.69 Å². The molecule has 12 heavy (non-hydrogen) atoms. The Morgan fingerprint density at radius 3 is 2.92 bits per heavy atom. The molecule has 1 aromatic rings. The van der Waals surface area contributed by atoms with Gasteiger partial charge in [-0.2, -0.15) is 5.10 Å². The summed E-state index contributed by atoms with van der Waals surface area (Å²) in [6.45, 7) is 2.43. The summed E-state index contributed by atoms with van der Waals surface area (Å²) in [5.74, 6) is -0.192. The maximum absolute atomic E-state index is 11.3. The SMILES string of the molecule is CCNC(=O)c1c(Cl)cnn1C. The van der Waals surface area contributed by atoms with Crippen molar-refractivity contribution in [2.75, 3.05) is 6.54 Å². The van der Waals surface area contributed by atoms with Crippen LogP contribution in [0.5, 0.6) is 0 Å². The molecule has 0 aliphatic carbocycles. The van der Waals surface area contributed by atoms with Gasteiger partial charge in [0.25, 0.3) is 5.91 Å². The topological polar surface area (TPSA) is 46.9 Å². The molecule has 1 aromatic heterocycles. The van der Waals surface area contributed by atoms with Crippen LogP contribution in [0.3, 0.4) is 0 Å². The number of hydrogen-bond donors (Lipinski definition) is 1. The van der Waals surface area contributed by atoms with E-state index in [1.165, 1.54) is 10.9 Å². The Bertz CT molecular complexity index is 275. The Hall–Kier alpha value is -1.03. The molecule has 1 rings (SSSR count). The summed E-state index contributed by atoms with van der Waals surface area (Å²) in [4.78, 5) is 11.3. The van der Waals surface area contributed by atoms with E-state index in [2.05, 4.69) is 10.4 Å². The van der Waals surface area contributed by atoms with Crippen molar-refractivity contribution in [3.8, 4) is 0 Å². The van der Waals surface area contributed by atoms with Crippen LogP contribution in [0, 0.1) is 0 Å². The van der Waals surface area contributed by atoms with Crippen LogP contribution in [0.25, 0.3) is 0 Å². The molecule has 0 saturated heterocycles. The minimum atomic E-state index is -0.192. The summed E-state index contributed by atoms with van der Waals surface area (Å²) in [7, 11) is 1.68. The average Bonchev–Trinajstić information content (AvgIpc) is 2.32. The molecular formula is C7H10ClN3O. The van der Waals surface area contributed by atoms with E-state index < -0.39 is 0 Å². The third-order valence-electron chi connectivity index (χ3n) is 1.45. The van der Waals surface area contributed by atoms with Crippen molar-refractivity contribution in [1.29, 1.82) is 0 Å². The van der Waals surface area contributed by atoms with Crippen LogP contribution in [-0.4, -0.2) is 22.2 Å². The quantitative estimate of drug-likeness (QED) is 0.746. The maximum atomic E-state index is 11.3. The summed E-state index contributed by atoms with van der Waals surface area (Å²) >= 11 is 5.73. The largest absolute Gasteiger partial charge is 0.351 e. The van der Waals surface area contributed by atoms with E-state index >= 15 is 0 Å². The Kier molecular flexibility index (Phi) is 2.70.